The van der Waals surface area contributed by atoms with Gasteiger partial charge in [0.15, 0.2) is 5.96 Å². The molecular formula is C28H36N4O4S. The summed E-state index contributed by atoms with van der Waals surface area (Å²) in [6.45, 7) is 6.10. The van der Waals surface area contributed by atoms with E-state index < -0.39 is 16.9 Å². The Hall–Kier alpha value is -3.04. The van der Waals surface area contributed by atoms with Crippen LogP contribution >= 0.6 is 0 Å². The number of guanidine groups is 1. The van der Waals surface area contributed by atoms with Crippen molar-refractivity contribution in [3.63, 3.8) is 0 Å². The summed E-state index contributed by atoms with van der Waals surface area (Å²) in [5.41, 5.74) is 10.1. The maximum Gasteiger partial charge on any atom is 0.232 e. The van der Waals surface area contributed by atoms with E-state index in [2.05, 4.69) is 5.32 Å². The molecule has 4 atom stereocenters. The molecule has 0 fully saturated rings. The molecule has 2 aromatic rings. The van der Waals surface area contributed by atoms with Crippen LogP contribution in [0.25, 0.3) is 0 Å². The third kappa shape index (κ3) is 5.33. The summed E-state index contributed by atoms with van der Waals surface area (Å²) < 4.78 is 12.3. The van der Waals surface area contributed by atoms with Crippen LogP contribution < -0.4 is 11.1 Å². The van der Waals surface area contributed by atoms with E-state index in [9.17, 15) is 18.9 Å². The second kappa shape index (κ2) is 11.1. The number of nitrogens with zero attached hydrogens (tertiary/aromatic N) is 2. The Balaban J connectivity index is 0.000000207. The molecule has 0 saturated carbocycles. The average molecular weight is 525 g/mol. The van der Waals surface area contributed by atoms with Gasteiger partial charge in [0.1, 0.15) is 0 Å². The lowest BCUT2D eigenvalue weighted by molar-refractivity contribution is -0.131. The Morgan fingerprint density at radius 3 is 2.62 bits per heavy atom. The summed E-state index contributed by atoms with van der Waals surface area (Å²) in [5.74, 6) is 0.876. The molecule has 0 radical (unpaired) electrons. The van der Waals surface area contributed by atoms with Crippen LogP contribution in [0.3, 0.4) is 0 Å². The molecule has 2 amide bonds. The Bertz CT molecular complexity index is 1230. The number of carbonyl (C=O) groups is 2. The molecule has 9 heteroatoms. The van der Waals surface area contributed by atoms with Crippen LogP contribution in [0.2, 0.25) is 0 Å². The lowest BCUT2D eigenvalue weighted by atomic mass is 9.87. The lowest BCUT2D eigenvalue weighted by Crippen LogP contribution is -2.53. The number of hydrogen-bond acceptors (Lipinski definition) is 6. The Morgan fingerprint density at radius 1 is 1.22 bits per heavy atom. The van der Waals surface area contributed by atoms with Gasteiger partial charge in [-0.25, -0.2) is 4.99 Å². The molecule has 3 aliphatic rings. The van der Waals surface area contributed by atoms with Gasteiger partial charge in [0.05, 0.1) is 40.9 Å². The van der Waals surface area contributed by atoms with Gasteiger partial charge in [0.2, 0.25) is 12.3 Å². The van der Waals surface area contributed by atoms with Gasteiger partial charge >= 0.3 is 0 Å². The molecule has 5 rings (SSSR count). The van der Waals surface area contributed by atoms with E-state index in [4.69, 9.17) is 10.7 Å². The van der Waals surface area contributed by atoms with Crippen molar-refractivity contribution >= 4 is 29.1 Å². The minimum atomic E-state index is -1.01. The van der Waals surface area contributed by atoms with Crippen molar-refractivity contribution in [2.24, 2.45) is 10.7 Å². The zero-order chi connectivity index (χ0) is 26.7. The highest BCUT2D eigenvalue weighted by molar-refractivity contribution is 7.85. The fourth-order valence-electron chi connectivity index (χ4n) is 5.56. The first kappa shape index (κ1) is 27.0. The number of benzene rings is 2. The third-order valence-electron chi connectivity index (χ3n) is 7.77. The number of hydrogen-bond donors (Lipinski definition) is 3. The fraction of sp³-hybridized carbons (Fsp3) is 0.464. The van der Waals surface area contributed by atoms with Gasteiger partial charge in [-0.3, -0.25) is 18.7 Å². The highest BCUT2D eigenvalue weighted by Crippen LogP contribution is 2.39. The molecule has 0 bridgehead atoms. The van der Waals surface area contributed by atoms with Crippen LogP contribution in [0.15, 0.2) is 52.4 Å². The molecule has 0 spiro atoms. The van der Waals surface area contributed by atoms with Crippen LogP contribution in [-0.2, 0) is 26.8 Å². The van der Waals surface area contributed by atoms with Crippen LogP contribution in [0.4, 0.5) is 0 Å². The number of aryl methyl sites for hydroxylation is 1. The number of fused-ring (bicyclic) bond motifs is 2. The standard InChI is InChI=1S/C18H25N3O2S.C10H11NO2/c1-4-18(5-2)11-16(22)21(17(19)20-18)14-8-9-24(23)15-7-6-12(3)10-13(14)15;12-6-11-10-8-4-2-1-3-7(8)5-9(10)13/h6-7,10,14H,4-5,8-9,11H2,1-3H3,(H2,19,20);1-4,6,9-10,13H,5H2,(H,11,12). The third-order valence-corrected chi connectivity index (χ3v) is 9.24. The predicted molar refractivity (Wildman–Crippen MR) is 144 cm³/mol. The number of aliphatic hydroxyl groups excluding tert-OH is 1. The van der Waals surface area contributed by atoms with Gasteiger partial charge in [-0.15, -0.1) is 0 Å². The van der Waals surface area contributed by atoms with Crippen molar-refractivity contribution in [1.29, 1.82) is 0 Å². The minimum Gasteiger partial charge on any atom is -0.390 e. The highest BCUT2D eigenvalue weighted by atomic mass is 32.2. The first-order chi connectivity index (χ1) is 17.7. The predicted octanol–water partition coefficient (Wildman–Crippen LogP) is 3.04. The molecule has 0 aromatic heterocycles. The van der Waals surface area contributed by atoms with E-state index in [0.717, 1.165) is 40.0 Å². The van der Waals surface area contributed by atoms with E-state index in [1.807, 2.05) is 63.2 Å². The van der Waals surface area contributed by atoms with Crippen molar-refractivity contribution in [1.82, 2.24) is 10.2 Å². The van der Waals surface area contributed by atoms with Crippen molar-refractivity contribution in [2.75, 3.05) is 5.75 Å². The van der Waals surface area contributed by atoms with E-state index in [0.29, 0.717) is 37.4 Å². The summed E-state index contributed by atoms with van der Waals surface area (Å²) in [6, 6.07) is 13.3. The Kier molecular flexibility index (Phi) is 8.14. The van der Waals surface area contributed by atoms with E-state index in [-0.39, 0.29) is 23.5 Å². The highest BCUT2D eigenvalue weighted by Gasteiger charge is 2.42. The second-order valence-corrected chi connectivity index (χ2v) is 11.5. The quantitative estimate of drug-likeness (QED) is 0.519. The van der Waals surface area contributed by atoms with Gasteiger partial charge < -0.3 is 16.2 Å². The largest absolute Gasteiger partial charge is 0.390 e. The molecule has 1 aliphatic carbocycles. The van der Waals surface area contributed by atoms with Gasteiger partial charge in [-0.2, -0.15) is 0 Å². The van der Waals surface area contributed by atoms with Gasteiger partial charge in [-0.05, 0) is 48.9 Å². The SMILES string of the molecule is CCC1(CC)CC(=O)N(C2CCS(=O)c3ccc(C)cc32)C(N)=N1.O=CNC1c2ccccc2CC1O. The molecule has 37 heavy (non-hydrogen) atoms. The van der Waals surface area contributed by atoms with Crippen LogP contribution in [0, 0.1) is 6.92 Å². The number of aliphatic imine (C=N–C) groups is 1. The van der Waals surface area contributed by atoms with Crippen LogP contribution in [-0.4, -0.2) is 49.9 Å². The molecule has 0 saturated heterocycles. The minimum absolute atomic E-state index is 0.0244. The molecule has 2 aliphatic heterocycles. The Morgan fingerprint density at radius 2 is 1.95 bits per heavy atom. The second-order valence-electron chi connectivity index (χ2n) is 9.97. The monoisotopic (exact) mass is 524 g/mol. The summed E-state index contributed by atoms with van der Waals surface area (Å²) in [7, 11) is -1.01. The number of amides is 2. The summed E-state index contributed by atoms with van der Waals surface area (Å²) in [4.78, 5) is 30.3. The number of rotatable bonds is 5. The zero-order valence-corrected chi connectivity index (χ0v) is 22.5. The molecule has 2 heterocycles. The summed E-state index contributed by atoms with van der Waals surface area (Å²) in [5, 5.41) is 12.2. The fourth-order valence-corrected chi connectivity index (χ4v) is 6.89. The van der Waals surface area contributed by atoms with Crippen molar-refractivity contribution in [3.8, 4) is 0 Å². The van der Waals surface area contributed by atoms with Crippen LogP contribution in [0.5, 0.6) is 0 Å². The average Bonchev–Trinajstić information content (AvgIpc) is 3.20. The van der Waals surface area contributed by atoms with Gasteiger partial charge in [0.25, 0.3) is 0 Å². The molecule has 8 nitrogen and oxygen atoms in total. The molecule has 4 N–H and O–H groups in total. The van der Waals surface area contributed by atoms with Gasteiger partial charge in [-0.1, -0.05) is 55.8 Å². The maximum atomic E-state index is 12.9. The van der Waals surface area contributed by atoms with E-state index in [1.165, 1.54) is 0 Å². The first-order valence-electron chi connectivity index (χ1n) is 12.9. The maximum absolute atomic E-state index is 12.9. The smallest absolute Gasteiger partial charge is 0.232 e. The number of aliphatic hydroxyl groups is 1. The normalized spacial score (nSPS) is 25.8. The van der Waals surface area contributed by atoms with Crippen molar-refractivity contribution in [3.05, 3.63) is 64.7 Å². The molecule has 198 valence electrons. The van der Waals surface area contributed by atoms with Crippen molar-refractivity contribution in [2.45, 2.75) is 81.5 Å². The number of carbonyl (C=O) groups excluding carboxylic acids is 2. The molecule has 4 unspecified atom stereocenters. The summed E-state index contributed by atoms with van der Waals surface area (Å²) >= 11 is 0. The number of nitrogens with two attached hydrogens (primary N) is 1. The van der Waals surface area contributed by atoms with E-state index >= 15 is 0 Å². The number of nitrogens with one attached hydrogen (secondary N) is 1. The zero-order valence-electron chi connectivity index (χ0n) is 21.6. The molecule has 2 aromatic carbocycles. The molecular weight excluding hydrogens is 488 g/mol. The first-order valence-corrected chi connectivity index (χ1v) is 14.2. The van der Waals surface area contributed by atoms with Gasteiger partial charge in [0, 0.05) is 17.1 Å². The van der Waals surface area contributed by atoms with E-state index in [1.54, 1.807) is 4.90 Å². The summed E-state index contributed by atoms with van der Waals surface area (Å²) in [6.07, 6.45) is 3.42. The van der Waals surface area contributed by atoms with Crippen molar-refractivity contribution < 1.29 is 18.9 Å². The van der Waals surface area contributed by atoms with Crippen LogP contribution in [0.1, 0.15) is 73.9 Å². The topological polar surface area (TPSA) is 125 Å². The lowest BCUT2D eigenvalue weighted by Gasteiger charge is -2.41. The Labute approximate surface area is 220 Å².